The Morgan fingerprint density at radius 3 is 2.92 bits per heavy atom. The minimum absolute atomic E-state index is 0.206. The van der Waals surface area contributed by atoms with Crippen molar-refractivity contribution < 1.29 is 9.53 Å². The molecule has 2 aromatic rings. The summed E-state index contributed by atoms with van der Waals surface area (Å²) in [6.45, 7) is 5.48. The number of aryl methyl sites for hydroxylation is 1. The van der Waals surface area contributed by atoms with Crippen LogP contribution in [0, 0.1) is 0 Å². The van der Waals surface area contributed by atoms with Crippen molar-refractivity contribution >= 4 is 5.91 Å². The maximum atomic E-state index is 12.6. The number of amides is 1. The van der Waals surface area contributed by atoms with Crippen molar-refractivity contribution in [2.45, 2.75) is 32.4 Å². The lowest BCUT2D eigenvalue weighted by Gasteiger charge is -2.39. The van der Waals surface area contributed by atoms with Crippen LogP contribution in [0.5, 0.6) is 5.75 Å². The lowest BCUT2D eigenvalue weighted by Crippen LogP contribution is -2.53. The molecular formula is C20H26N4O2. The molecule has 1 fully saturated rings. The second kappa shape index (κ2) is 8.76. The Hall–Kier alpha value is -2.47. The molecule has 1 aliphatic rings. The zero-order valence-electron chi connectivity index (χ0n) is 15.5. The summed E-state index contributed by atoms with van der Waals surface area (Å²) in [6.07, 6.45) is 6.48. The molecular weight excluding hydrogens is 328 g/mol. The smallest absolute Gasteiger partial charge is 0.223 e. The van der Waals surface area contributed by atoms with Crippen LogP contribution in [0.25, 0.3) is 0 Å². The highest BCUT2D eigenvalue weighted by Crippen LogP contribution is 2.16. The van der Waals surface area contributed by atoms with Crippen LogP contribution in [0.3, 0.4) is 0 Å². The number of hydrogen-bond acceptors (Lipinski definition) is 5. The molecule has 0 aromatic carbocycles. The molecule has 1 atom stereocenters. The third kappa shape index (κ3) is 4.79. The van der Waals surface area contributed by atoms with Crippen LogP contribution >= 0.6 is 0 Å². The zero-order valence-corrected chi connectivity index (χ0v) is 15.5. The van der Waals surface area contributed by atoms with Crippen LogP contribution in [0.4, 0.5) is 0 Å². The number of pyridine rings is 2. The number of piperazine rings is 1. The highest BCUT2D eigenvalue weighted by atomic mass is 16.5. The van der Waals surface area contributed by atoms with E-state index >= 15 is 0 Å². The van der Waals surface area contributed by atoms with Crippen LogP contribution in [0.15, 0.2) is 42.9 Å². The van der Waals surface area contributed by atoms with E-state index in [0.717, 1.165) is 43.2 Å². The third-order valence-corrected chi connectivity index (χ3v) is 4.78. The Labute approximate surface area is 154 Å². The SMILES string of the molecule is COc1cncc(CCC(=O)N2CCN(Cc3ccccn3)C[C@@H]2C)c1. The van der Waals surface area contributed by atoms with Gasteiger partial charge in [-0.3, -0.25) is 19.7 Å². The highest BCUT2D eigenvalue weighted by molar-refractivity contribution is 5.77. The highest BCUT2D eigenvalue weighted by Gasteiger charge is 2.27. The first-order valence-corrected chi connectivity index (χ1v) is 9.05. The van der Waals surface area contributed by atoms with Crippen molar-refractivity contribution in [1.29, 1.82) is 0 Å². The lowest BCUT2D eigenvalue weighted by molar-refractivity contribution is -0.135. The van der Waals surface area contributed by atoms with Gasteiger partial charge in [0.05, 0.1) is 19.0 Å². The maximum absolute atomic E-state index is 12.6. The van der Waals surface area contributed by atoms with Crippen molar-refractivity contribution in [2.24, 2.45) is 0 Å². The second-order valence-corrected chi connectivity index (χ2v) is 6.73. The molecule has 6 nitrogen and oxygen atoms in total. The largest absolute Gasteiger partial charge is 0.495 e. The number of rotatable bonds is 6. The molecule has 0 saturated carbocycles. The number of carbonyl (C=O) groups excluding carboxylic acids is 1. The van der Waals surface area contributed by atoms with E-state index in [0.29, 0.717) is 12.8 Å². The first kappa shape index (κ1) is 18.3. The van der Waals surface area contributed by atoms with Crippen molar-refractivity contribution in [1.82, 2.24) is 19.8 Å². The van der Waals surface area contributed by atoms with Crippen LogP contribution in [-0.4, -0.2) is 58.5 Å². The van der Waals surface area contributed by atoms with E-state index in [1.807, 2.05) is 35.4 Å². The Bertz CT molecular complexity index is 723. The van der Waals surface area contributed by atoms with E-state index in [-0.39, 0.29) is 11.9 Å². The molecule has 0 spiro atoms. The summed E-state index contributed by atoms with van der Waals surface area (Å²) in [6, 6.07) is 8.14. The van der Waals surface area contributed by atoms with Crippen molar-refractivity contribution in [2.75, 3.05) is 26.7 Å². The first-order chi connectivity index (χ1) is 12.7. The molecule has 6 heteroatoms. The van der Waals surface area contributed by atoms with E-state index < -0.39 is 0 Å². The van der Waals surface area contributed by atoms with Gasteiger partial charge in [-0.05, 0) is 37.1 Å². The van der Waals surface area contributed by atoms with Crippen molar-refractivity contribution in [3.8, 4) is 5.75 Å². The molecule has 0 aliphatic carbocycles. The van der Waals surface area contributed by atoms with Crippen LogP contribution in [-0.2, 0) is 17.8 Å². The molecule has 0 bridgehead atoms. The van der Waals surface area contributed by atoms with E-state index in [4.69, 9.17) is 4.74 Å². The summed E-state index contributed by atoms with van der Waals surface area (Å²) in [5, 5.41) is 0. The molecule has 0 radical (unpaired) electrons. The van der Waals surface area contributed by atoms with Crippen molar-refractivity contribution in [3.05, 3.63) is 54.1 Å². The van der Waals surface area contributed by atoms with Gasteiger partial charge in [0.15, 0.2) is 0 Å². The summed E-state index contributed by atoms with van der Waals surface area (Å²) in [4.78, 5) is 25.6. The van der Waals surface area contributed by atoms with Gasteiger partial charge in [-0.15, -0.1) is 0 Å². The van der Waals surface area contributed by atoms with Gasteiger partial charge in [-0.1, -0.05) is 6.07 Å². The molecule has 26 heavy (non-hydrogen) atoms. The number of ether oxygens (including phenoxy) is 1. The third-order valence-electron chi connectivity index (χ3n) is 4.78. The van der Waals surface area contributed by atoms with Gasteiger partial charge < -0.3 is 9.64 Å². The van der Waals surface area contributed by atoms with Gasteiger partial charge in [0.1, 0.15) is 5.75 Å². The number of aromatic nitrogens is 2. The number of hydrogen-bond donors (Lipinski definition) is 0. The summed E-state index contributed by atoms with van der Waals surface area (Å²) in [5.41, 5.74) is 2.10. The van der Waals surface area contributed by atoms with Gasteiger partial charge in [-0.25, -0.2) is 0 Å². The maximum Gasteiger partial charge on any atom is 0.223 e. The molecule has 1 aliphatic heterocycles. The fourth-order valence-corrected chi connectivity index (χ4v) is 3.37. The zero-order chi connectivity index (χ0) is 18.4. The van der Waals surface area contributed by atoms with E-state index in [1.54, 1.807) is 19.5 Å². The fraction of sp³-hybridized carbons (Fsp3) is 0.450. The van der Waals surface area contributed by atoms with Gasteiger partial charge in [0.25, 0.3) is 0 Å². The Kier molecular flexibility index (Phi) is 6.17. The summed E-state index contributed by atoms with van der Waals surface area (Å²) in [5.74, 6) is 0.934. The van der Waals surface area contributed by atoms with Crippen molar-refractivity contribution in [3.63, 3.8) is 0 Å². The molecule has 138 valence electrons. The van der Waals surface area contributed by atoms with Gasteiger partial charge in [0.2, 0.25) is 5.91 Å². The quantitative estimate of drug-likeness (QED) is 0.796. The van der Waals surface area contributed by atoms with Crippen LogP contribution < -0.4 is 4.74 Å². The predicted octanol–water partition coefficient (Wildman–Crippen LogP) is 2.15. The number of methoxy groups -OCH3 is 1. The van der Waals surface area contributed by atoms with E-state index in [2.05, 4.69) is 21.8 Å². The molecule has 0 unspecified atom stereocenters. The summed E-state index contributed by atoms with van der Waals surface area (Å²) < 4.78 is 5.19. The molecule has 3 heterocycles. The minimum atomic E-state index is 0.206. The monoisotopic (exact) mass is 354 g/mol. The van der Waals surface area contributed by atoms with Crippen LogP contribution in [0.2, 0.25) is 0 Å². The molecule has 1 saturated heterocycles. The summed E-state index contributed by atoms with van der Waals surface area (Å²) in [7, 11) is 1.62. The van der Waals surface area contributed by atoms with Gasteiger partial charge >= 0.3 is 0 Å². The molecule has 0 N–H and O–H groups in total. The Morgan fingerprint density at radius 2 is 2.19 bits per heavy atom. The predicted molar refractivity (Wildman–Crippen MR) is 99.8 cm³/mol. The van der Waals surface area contributed by atoms with E-state index in [9.17, 15) is 4.79 Å². The minimum Gasteiger partial charge on any atom is -0.495 e. The molecule has 2 aromatic heterocycles. The topological polar surface area (TPSA) is 58.6 Å². The summed E-state index contributed by atoms with van der Waals surface area (Å²) >= 11 is 0. The van der Waals surface area contributed by atoms with Crippen LogP contribution in [0.1, 0.15) is 24.6 Å². The first-order valence-electron chi connectivity index (χ1n) is 9.05. The molecule has 1 amide bonds. The second-order valence-electron chi connectivity index (χ2n) is 6.73. The average Bonchev–Trinajstić information content (AvgIpc) is 2.67. The Morgan fingerprint density at radius 1 is 1.31 bits per heavy atom. The number of carbonyl (C=O) groups is 1. The van der Waals surface area contributed by atoms with Gasteiger partial charge in [0, 0.05) is 51.0 Å². The number of nitrogens with zero attached hydrogens (tertiary/aromatic N) is 4. The lowest BCUT2D eigenvalue weighted by atomic mass is 10.1. The Balaban J connectivity index is 1.49. The van der Waals surface area contributed by atoms with E-state index in [1.165, 1.54) is 0 Å². The molecule has 3 rings (SSSR count). The van der Waals surface area contributed by atoms with Gasteiger partial charge in [-0.2, -0.15) is 0 Å². The average molecular weight is 354 g/mol. The fourth-order valence-electron chi connectivity index (χ4n) is 3.37. The normalized spacial score (nSPS) is 17.9. The standard InChI is InChI=1S/C20H26N4O2/c1-16-14-23(15-18-5-3-4-8-22-18)9-10-24(16)20(25)7-6-17-11-19(26-2)13-21-12-17/h3-5,8,11-13,16H,6-7,9-10,14-15H2,1-2H3/t16-/m0/s1.